The van der Waals surface area contributed by atoms with Crippen LogP contribution in [0.4, 0.5) is 21.7 Å². The summed E-state index contributed by atoms with van der Waals surface area (Å²) >= 11 is 0. The van der Waals surface area contributed by atoms with Gasteiger partial charge in [0.15, 0.2) is 11.6 Å². The van der Waals surface area contributed by atoms with Gasteiger partial charge in [-0.3, -0.25) is 4.79 Å². The second-order valence-electron chi connectivity index (χ2n) is 7.85. The van der Waals surface area contributed by atoms with E-state index in [-0.39, 0.29) is 29.3 Å². The van der Waals surface area contributed by atoms with Crippen molar-refractivity contribution in [1.82, 2.24) is 4.98 Å². The average molecular weight is 420 g/mol. The summed E-state index contributed by atoms with van der Waals surface area (Å²) in [6.45, 7) is 0. The molecule has 6 nitrogen and oxygen atoms in total. The Morgan fingerprint density at radius 1 is 0.968 bits per heavy atom. The number of amides is 1. The van der Waals surface area contributed by atoms with Gasteiger partial charge in [0.2, 0.25) is 0 Å². The standard InChI is InChI=1S/C24H26FN5O/c25-19-14-18(22(27)31)23(30-24(19)29-21-12-5-4-11-20(21)26)28-17-10-6-9-16(13-17)15-7-2-1-3-8-15/h1-3,6-10,13-14,20-21H,4-5,11-12,26H2,(H2,27,31)(H2,28,29,30)/t20-,21+/m0/s1. The number of hydrogen-bond acceptors (Lipinski definition) is 5. The third kappa shape index (κ3) is 4.83. The molecule has 1 aliphatic carbocycles. The SMILES string of the molecule is NC(=O)c1cc(F)c(N[C@@H]2CCCC[C@@H]2N)nc1Nc1cccc(-c2ccccc2)c1. The highest BCUT2D eigenvalue weighted by Gasteiger charge is 2.24. The minimum atomic E-state index is -0.756. The normalized spacial score (nSPS) is 18.4. The second kappa shape index (κ2) is 9.14. The van der Waals surface area contributed by atoms with E-state index in [1.165, 1.54) is 0 Å². The van der Waals surface area contributed by atoms with Crippen LogP contribution in [0.25, 0.3) is 11.1 Å². The Bertz CT molecular complexity index is 1070. The molecule has 1 amide bonds. The molecule has 1 fully saturated rings. The molecule has 0 unspecified atom stereocenters. The maximum Gasteiger partial charge on any atom is 0.252 e. The maximum atomic E-state index is 14.7. The molecule has 0 spiro atoms. The van der Waals surface area contributed by atoms with Crippen molar-refractivity contribution in [1.29, 1.82) is 0 Å². The molecule has 7 heteroatoms. The quantitative estimate of drug-likeness (QED) is 0.473. The van der Waals surface area contributed by atoms with Gasteiger partial charge in [-0.25, -0.2) is 9.37 Å². The van der Waals surface area contributed by atoms with Crippen LogP contribution in [0.1, 0.15) is 36.0 Å². The fraction of sp³-hybridized carbons (Fsp3) is 0.250. The minimum absolute atomic E-state index is 0.0129. The number of carbonyl (C=O) groups excluding carboxylic acids is 1. The van der Waals surface area contributed by atoms with Crippen molar-refractivity contribution in [2.24, 2.45) is 11.5 Å². The van der Waals surface area contributed by atoms with Gasteiger partial charge in [0.25, 0.3) is 5.91 Å². The van der Waals surface area contributed by atoms with E-state index in [9.17, 15) is 9.18 Å². The molecule has 2 atom stereocenters. The number of anilines is 3. The molecule has 31 heavy (non-hydrogen) atoms. The minimum Gasteiger partial charge on any atom is -0.365 e. The van der Waals surface area contributed by atoms with Crippen LogP contribution in [0.3, 0.4) is 0 Å². The van der Waals surface area contributed by atoms with Gasteiger partial charge in [-0.05, 0) is 42.2 Å². The van der Waals surface area contributed by atoms with E-state index >= 15 is 0 Å². The zero-order valence-electron chi connectivity index (χ0n) is 17.1. The summed E-state index contributed by atoms with van der Waals surface area (Å²) in [4.78, 5) is 16.3. The van der Waals surface area contributed by atoms with E-state index in [1.807, 2.05) is 54.6 Å². The zero-order chi connectivity index (χ0) is 21.8. The highest BCUT2D eigenvalue weighted by molar-refractivity contribution is 5.98. The first-order chi connectivity index (χ1) is 15.0. The summed E-state index contributed by atoms with van der Waals surface area (Å²) < 4.78 is 14.7. The predicted octanol–water partition coefficient (Wildman–Crippen LogP) is 4.41. The van der Waals surface area contributed by atoms with Crippen LogP contribution < -0.4 is 22.1 Å². The Labute approximate surface area is 180 Å². The lowest BCUT2D eigenvalue weighted by atomic mass is 9.91. The first kappa shape index (κ1) is 20.8. The molecule has 0 bridgehead atoms. The number of pyridine rings is 1. The van der Waals surface area contributed by atoms with E-state index in [1.54, 1.807) is 0 Å². The van der Waals surface area contributed by atoms with Crippen LogP contribution >= 0.6 is 0 Å². The molecule has 160 valence electrons. The molecule has 2 aromatic carbocycles. The van der Waals surface area contributed by atoms with Crippen molar-refractivity contribution < 1.29 is 9.18 Å². The van der Waals surface area contributed by atoms with Crippen LogP contribution in [0.2, 0.25) is 0 Å². The van der Waals surface area contributed by atoms with Gasteiger partial charge in [0.05, 0.1) is 5.56 Å². The fourth-order valence-electron chi connectivity index (χ4n) is 3.93. The van der Waals surface area contributed by atoms with Crippen LogP contribution in [0.5, 0.6) is 0 Å². The number of halogens is 1. The fourth-order valence-corrected chi connectivity index (χ4v) is 3.93. The first-order valence-electron chi connectivity index (χ1n) is 10.5. The van der Waals surface area contributed by atoms with E-state index < -0.39 is 11.7 Å². The molecule has 0 saturated heterocycles. The van der Waals surface area contributed by atoms with E-state index in [2.05, 4.69) is 15.6 Å². The third-order valence-corrected chi connectivity index (χ3v) is 5.62. The molecular weight excluding hydrogens is 393 g/mol. The molecule has 1 saturated carbocycles. The topological polar surface area (TPSA) is 106 Å². The van der Waals surface area contributed by atoms with Gasteiger partial charge in [0.1, 0.15) is 5.82 Å². The van der Waals surface area contributed by atoms with Gasteiger partial charge in [0, 0.05) is 17.8 Å². The van der Waals surface area contributed by atoms with Gasteiger partial charge in [-0.15, -0.1) is 0 Å². The average Bonchev–Trinajstić information content (AvgIpc) is 2.78. The molecule has 3 aromatic rings. The molecule has 6 N–H and O–H groups in total. The smallest absolute Gasteiger partial charge is 0.252 e. The lowest BCUT2D eigenvalue weighted by Crippen LogP contribution is -2.43. The Hall–Kier alpha value is -3.45. The number of primary amides is 1. The Morgan fingerprint density at radius 2 is 1.71 bits per heavy atom. The summed E-state index contributed by atoms with van der Waals surface area (Å²) in [5, 5.41) is 6.26. The number of nitrogens with two attached hydrogens (primary N) is 2. The van der Waals surface area contributed by atoms with Crippen molar-refractivity contribution in [3.05, 3.63) is 72.0 Å². The summed E-state index contributed by atoms with van der Waals surface area (Å²) in [7, 11) is 0. The largest absolute Gasteiger partial charge is 0.365 e. The number of hydrogen-bond donors (Lipinski definition) is 4. The lowest BCUT2D eigenvalue weighted by molar-refractivity contribution is 0.100. The molecule has 0 radical (unpaired) electrons. The third-order valence-electron chi connectivity index (χ3n) is 5.62. The van der Waals surface area contributed by atoms with Crippen LogP contribution in [0.15, 0.2) is 60.7 Å². The Kier molecular flexibility index (Phi) is 6.13. The summed E-state index contributed by atoms with van der Waals surface area (Å²) in [5.74, 6) is -1.12. The highest BCUT2D eigenvalue weighted by atomic mass is 19.1. The number of benzene rings is 2. The van der Waals surface area contributed by atoms with Crippen molar-refractivity contribution in [2.45, 2.75) is 37.8 Å². The number of aromatic nitrogens is 1. The maximum absolute atomic E-state index is 14.7. The molecule has 1 aliphatic rings. The van der Waals surface area contributed by atoms with Gasteiger partial charge >= 0.3 is 0 Å². The number of nitrogens with one attached hydrogen (secondary N) is 2. The van der Waals surface area contributed by atoms with Crippen molar-refractivity contribution in [2.75, 3.05) is 10.6 Å². The molecule has 1 aromatic heterocycles. The monoisotopic (exact) mass is 419 g/mol. The second-order valence-corrected chi connectivity index (χ2v) is 7.85. The van der Waals surface area contributed by atoms with E-state index in [0.717, 1.165) is 42.9 Å². The van der Waals surface area contributed by atoms with Crippen molar-refractivity contribution >= 4 is 23.2 Å². The Morgan fingerprint density at radius 3 is 2.45 bits per heavy atom. The van der Waals surface area contributed by atoms with Crippen molar-refractivity contribution in [3.8, 4) is 11.1 Å². The number of nitrogens with zero attached hydrogens (tertiary/aromatic N) is 1. The number of rotatable bonds is 6. The number of carbonyl (C=O) groups is 1. The van der Waals surface area contributed by atoms with Crippen LogP contribution in [0, 0.1) is 5.82 Å². The van der Waals surface area contributed by atoms with Gasteiger partial charge in [-0.2, -0.15) is 0 Å². The zero-order valence-corrected chi connectivity index (χ0v) is 17.1. The van der Waals surface area contributed by atoms with Crippen LogP contribution in [-0.4, -0.2) is 23.0 Å². The van der Waals surface area contributed by atoms with Gasteiger partial charge in [-0.1, -0.05) is 55.3 Å². The molecular formula is C24H26FN5O. The highest BCUT2D eigenvalue weighted by Crippen LogP contribution is 2.28. The van der Waals surface area contributed by atoms with E-state index in [0.29, 0.717) is 5.69 Å². The molecule has 0 aliphatic heterocycles. The first-order valence-corrected chi connectivity index (χ1v) is 10.5. The summed E-state index contributed by atoms with van der Waals surface area (Å²) in [6.07, 6.45) is 3.84. The van der Waals surface area contributed by atoms with Crippen molar-refractivity contribution in [3.63, 3.8) is 0 Å². The summed E-state index contributed by atoms with van der Waals surface area (Å²) in [5.41, 5.74) is 14.4. The summed E-state index contributed by atoms with van der Waals surface area (Å²) in [6, 6.07) is 18.6. The van der Waals surface area contributed by atoms with Crippen LogP contribution in [-0.2, 0) is 0 Å². The molecule has 4 rings (SSSR count). The van der Waals surface area contributed by atoms with E-state index in [4.69, 9.17) is 11.5 Å². The Balaban J connectivity index is 1.64. The molecule has 1 heterocycles. The van der Waals surface area contributed by atoms with Gasteiger partial charge < -0.3 is 22.1 Å². The predicted molar refractivity (Wildman–Crippen MR) is 122 cm³/mol. The lowest BCUT2D eigenvalue weighted by Gasteiger charge is -2.30.